The van der Waals surface area contributed by atoms with Gasteiger partial charge in [-0.3, -0.25) is 4.79 Å². The van der Waals surface area contributed by atoms with Crippen molar-refractivity contribution in [3.05, 3.63) is 0 Å². The summed E-state index contributed by atoms with van der Waals surface area (Å²) in [7, 11) is 0. The van der Waals surface area contributed by atoms with Crippen molar-refractivity contribution in [3.8, 4) is 6.07 Å². The predicted octanol–water partition coefficient (Wildman–Crippen LogP) is 2.54. The molecule has 0 heterocycles. The van der Waals surface area contributed by atoms with Crippen molar-refractivity contribution in [2.24, 2.45) is 11.8 Å². The lowest BCUT2D eigenvalue weighted by Gasteiger charge is -2.07. The van der Waals surface area contributed by atoms with Crippen LogP contribution in [0.15, 0.2) is 0 Å². The van der Waals surface area contributed by atoms with E-state index in [-0.39, 0.29) is 11.7 Å². The molecule has 0 aromatic carbocycles. The highest BCUT2D eigenvalue weighted by Crippen LogP contribution is 2.12. The summed E-state index contributed by atoms with van der Waals surface area (Å²) in [6, 6.07) is 2.06. The molecule has 0 saturated heterocycles. The Hall–Kier alpha value is -0.840. The van der Waals surface area contributed by atoms with Gasteiger partial charge in [0, 0.05) is 6.42 Å². The third kappa shape index (κ3) is 4.12. The molecule has 0 bridgehead atoms. The molecule has 0 rings (SSSR count). The zero-order chi connectivity index (χ0) is 9.56. The maximum Gasteiger partial charge on any atom is 0.150 e. The molecule has 0 fully saturated rings. The van der Waals surface area contributed by atoms with Gasteiger partial charge < -0.3 is 0 Å². The third-order valence-electron chi connectivity index (χ3n) is 1.73. The molecule has 1 unspecified atom stereocenters. The van der Waals surface area contributed by atoms with E-state index in [0.29, 0.717) is 18.8 Å². The Kier molecular flexibility index (Phi) is 5.36. The van der Waals surface area contributed by atoms with E-state index >= 15 is 0 Å². The Morgan fingerprint density at radius 3 is 2.42 bits per heavy atom. The lowest BCUT2D eigenvalue weighted by Crippen LogP contribution is -2.14. The molecule has 0 aliphatic rings. The summed E-state index contributed by atoms with van der Waals surface area (Å²) in [5, 5.41) is 8.67. The van der Waals surface area contributed by atoms with Crippen LogP contribution in [-0.2, 0) is 4.79 Å². The van der Waals surface area contributed by atoms with Crippen molar-refractivity contribution < 1.29 is 4.79 Å². The van der Waals surface area contributed by atoms with Crippen LogP contribution in [0.5, 0.6) is 0 Å². The number of nitrogens with zero attached hydrogens (tertiary/aromatic N) is 1. The predicted molar refractivity (Wildman–Crippen MR) is 48.5 cm³/mol. The highest BCUT2D eigenvalue weighted by atomic mass is 16.1. The van der Waals surface area contributed by atoms with E-state index in [1.807, 2.05) is 20.8 Å². The van der Waals surface area contributed by atoms with Gasteiger partial charge in [-0.05, 0) is 12.3 Å². The van der Waals surface area contributed by atoms with Crippen LogP contribution in [0.4, 0.5) is 0 Å². The second-order valence-corrected chi connectivity index (χ2v) is 3.53. The summed E-state index contributed by atoms with van der Waals surface area (Å²) < 4.78 is 0. The first-order chi connectivity index (χ1) is 5.61. The minimum atomic E-state index is -0.364. The van der Waals surface area contributed by atoms with Crippen LogP contribution in [0.3, 0.4) is 0 Å². The second-order valence-electron chi connectivity index (χ2n) is 3.53. The van der Waals surface area contributed by atoms with Crippen LogP contribution in [0, 0.1) is 23.2 Å². The average molecular weight is 167 g/mol. The Bertz CT molecular complexity index is 179. The first-order valence-electron chi connectivity index (χ1n) is 4.54. The van der Waals surface area contributed by atoms with E-state index in [1.165, 1.54) is 0 Å². The van der Waals surface area contributed by atoms with Crippen LogP contribution in [0.1, 0.15) is 40.0 Å². The van der Waals surface area contributed by atoms with Crippen molar-refractivity contribution in [2.45, 2.75) is 40.0 Å². The maximum absolute atomic E-state index is 11.4. The molecule has 0 aliphatic heterocycles. The fourth-order valence-electron chi connectivity index (χ4n) is 1.13. The lowest BCUT2D eigenvalue weighted by molar-refractivity contribution is -0.122. The molecule has 2 heteroatoms. The van der Waals surface area contributed by atoms with Gasteiger partial charge in [0.2, 0.25) is 0 Å². The number of Topliss-reactive ketones (excluding diaryl/α,β-unsaturated/α-hetero) is 1. The molecule has 12 heavy (non-hydrogen) atoms. The van der Waals surface area contributed by atoms with Crippen LogP contribution in [-0.4, -0.2) is 5.78 Å². The monoisotopic (exact) mass is 167 g/mol. The van der Waals surface area contributed by atoms with Gasteiger partial charge in [0.15, 0.2) is 0 Å². The summed E-state index contributed by atoms with van der Waals surface area (Å²) in [5.74, 6) is 0.108. The molecule has 0 N–H and O–H groups in total. The molecular formula is C10H17NO. The first-order valence-corrected chi connectivity index (χ1v) is 4.54. The number of hydrogen-bond donors (Lipinski definition) is 0. The number of rotatable bonds is 5. The van der Waals surface area contributed by atoms with Crippen molar-refractivity contribution in [2.75, 3.05) is 0 Å². The molecule has 0 spiro atoms. The van der Waals surface area contributed by atoms with Crippen molar-refractivity contribution in [1.29, 1.82) is 5.26 Å². The van der Waals surface area contributed by atoms with Gasteiger partial charge in [-0.25, -0.2) is 0 Å². The van der Waals surface area contributed by atoms with Gasteiger partial charge in [-0.2, -0.15) is 5.26 Å². The summed E-state index contributed by atoms with van der Waals surface area (Å²) in [6.07, 6.45) is 2.16. The smallest absolute Gasteiger partial charge is 0.150 e. The summed E-state index contributed by atoms with van der Waals surface area (Å²) in [6.45, 7) is 5.99. The molecular weight excluding hydrogens is 150 g/mol. The molecule has 0 aliphatic carbocycles. The van der Waals surface area contributed by atoms with Gasteiger partial charge in [0.25, 0.3) is 0 Å². The number of carbonyl (C=O) groups is 1. The molecule has 2 nitrogen and oxygen atoms in total. The van der Waals surface area contributed by atoms with Crippen LogP contribution in [0.25, 0.3) is 0 Å². The fourth-order valence-corrected chi connectivity index (χ4v) is 1.13. The highest BCUT2D eigenvalue weighted by molar-refractivity contribution is 5.83. The Morgan fingerprint density at radius 1 is 1.50 bits per heavy atom. The van der Waals surface area contributed by atoms with Gasteiger partial charge in [0.05, 0.1) is 6.07 Å². The van der Waals surface area contributed by atoms with E-state index in [1.54, 1.807) is 0 Å². The molecule has 68 valence electrons. The molecule has 0 saturated carbocycles. The van der Waals surface area contributed by atoms with E-state index in [0.717, 1.165) is 6.42 Å². The van der Waals surface area contributed by atoms with Gasteiger partial charge in [-0.1, -0.05) is 27.2 Å². The third-order valence-corrected chi connectivity index (χ3v) is 1.73. The SMILES string of the molecule is CCCC(C#N)C(=O)CC(C)C. The maximum atomic E-state index is 11.4. The molecule has 0 amide bonds. The molecule has 0 radical (unpaired) electrons. The van der Waals surface area contributed by atoms with Gasteiger partial charge in [-0.15, -0.1) is 0 Å². The minimum Gasteiger partial charge on any atom is -0.298 e. The van der Waals surface area contributed by atoms with Crippen molar-refractivity contribution in [3.63, 3.8) is 0 Å². The van der Waals surface area contributed by atoms with Crippen molar-refractivity contribution >= 4 is 5.78 Å². The summed E-state index contributed by atoms with van der Waals surface area (Å²) in [5.41, 5.74) is 0. The zero-order valence-corrected chi connectivity index (χ0v) is 8.13. The summed E-state index contributed by atoms with van der Waals surface area (Å²) >= 11 is 0. The Labute approximate surface area is 74.6 Å². The molecule has 0 aromatic rings. The second kappa shape index (κ2) is 5.77. The Morgan fingerprint density at radius 2 is 2.08 bits per heavy atom. The molecule has 1 atom stereocenters. The quantitative estimate of drug-likeness (QED) is 0.631. The van der Waals surface area contributed by atoms with E-state index in [4.69, 9.17) is 5.26 Å². The highest BCUT2D eigenvalue weighted by Gasteiger charge is 2.17. The standard InChI is InChI=1S/C10H17NO/c1-4-5-9(7-11)10(12)6-8(2)3/h8-9H,4-6H2,1-3H3. The lowest BCUT2D eigenvalue weighted by atomic mass is 9.94. The van der Waals surface area contributed by atoms with Crippen LogP contribution in [0.2, 0.25) is 0 Å². The first kappa shape index (κ1) is 11.2. The Balaban J connectivity index is 3.96. The fraction of sp³-hybridized carbons (Fsp3) is 0.800. The van der Waals surface area contributed by atoms with Crippen LogP contribution < -0.4 is 0 Å². The normalized spacial score (nSPS) is 12.6. The van der Waals surface area contributed by atoms with E-state index < -0.39 is 0 Å². The van der Waals surface area contributed by atoms with Gasteiger partial charge in [0.1, 0.15) is 11.7 Å². The topological polar surface area (TPSA) is 40.9 Å². The number of carbonyl (C=O) groups excluding carboxylic acids is 1. The number of ketones is 1. The zero-order valence-electron chi connectivity index (χ0n) is 8.13. The average Bonchev–Trinajstić information content (AvgIpc) is 1.98. The summed E-state index contributed by atoms with van der Waals surface area (Å²) in [4.78, 5) is 11.4. The largest absolute Gasteiger partial charge is 0.298 e. The van der Waals surface area contributed by atoms with E-state index in [2.05, 4.69) is 6.07 Å². The number of hydrogen-bond acceptors (Lipinski definition) is 2. The van der Waals surface area contributed by atoms with E-state index in [9.17, 15) is 4.79 Å². The minimum absolute atomic E-state index is 0.106. The molecule has 0 aromatic heterocycles. The van der Waals surface area contributed by atoms with Gasteiger partial charge >= 0.3 is 0 Å². The van der Waals surface area contributed by atoms with Crippen molar-refractivity contribution in [1.82, 2.24) is 0 Å². The number of nitriles is 1. The van der Waals surface area contributed by atoms with Crippen LogP contribution >= 0.6 is 0 Å².